The Bertz CT molecular complexity index is 600. The second kappa shape index (κ2) is 6.40. The Morgan fingerprint density at radius 1 is 1.29 bits per heavy atom. The van der Waals surface area contributed by atoms with Crippen molar-refractivity contribution in [1.29, 1.82) is 0 Å². The van der Waals surface area contributed by atoms with Crippen molar-refractivity contribution in [2.45, 2.75) is 23.7 Å². The molecule has 1 heterocycles. The fourth-order valence-corrected chi connectivity index (χ4v) is 2.57. The lowest BCUT2D eigenvalue weighted by atomic mass is 10.3. The first-order chi connectivity index (χ1) is 9.86. The maximum atomic E-state index is 12.4. The SMILES string of the molecule is Nc1ccccc1SCC(O)Cn1ccc(C(F)(F)F)n1. The highest BCUT2D eigenvalue weighted by Gasteiger charge is 2.33. The van der Waals surface area contributed by atoms with Gasteiger partial charge in [0.15, 0.2) is 5.69 Å². The van der Waals surface area contributed by atoms with Crippen molar-refractivity contribution in [3.05, 3.63) is 42.2 Å². The van der Waals surface area contributed by atoms with Gasteiger partial charge in [0.25, 0.3) is 0 Å². The summed E-state index contributed by atoms with van der Waals surface area (Å²) in [6, 6.07) is 8.08. The number of aliphatic hydroxyl groups excluding tert-OH is 1. The van der Waals surface area contributed by atoms with Gasteiger partial charge < -0.3 is 10.8 Å². The van der Waals surface area contributed by atoms with Gasteiger partial charge in [0.1, 0.15) is 0 Å². The second-order valence-electron chi connectivity index (χ2n) is 4.42. The zero-order valence-corrected chi connectivity index (χ0v) is 11.7. The third-order valence-electron chi connectivity index (χ3n) is 2.68. The van der Waals surface area contributed by atoms with Crippen LogP contribution in [0.5, 0.6) is 0 Å². The molecule has 0 saturated carbocycles. The number of benzene rings is 1. The number of aromatic nitrogens is 2. The van der Waals surface area contributed by atoms with E-state index < -0.39 is 18.0 Å². The van der Waals surface area contributed by atoms with Crippen LogP contribution in [0.4, 0.5) is 18.9 Å². The van der Waals surface area contributed by atoms with Crippen molar-refractivity contribution in [2.24, 2.45) is 0 Å². The van der Waals surface area contributed by atoms with E-state index in [9.17, 15) is 18.3 Å². The van der Waals surface area contributed by atoms with E-state index in [1.54, 1.807) is 12.1 Å². The predicted octanol–water partition coefficient (Wildman–Crippen LogP) is 2.64. The summed E-state index contributed by atoms with van der Waals surface area (Å²) in [6.07, 6.45) is -4.09. The highest BCUT2D eigenvalue weighted by Crippen LogP contribution is 2.28. The summed E-state index contributed by atoms with van der Waals surface area (Å²) < 4.78 is 38.3. The van der Waals surface area contributed by atoms with Crippen LogP contribution in [0.25, 0.3) is 0 Å². The normalized spacial score (nSPS) is 13.3. The monoisotopic (exact) mass is 317 g/mol. The van der Waals surface area contributed by atoms with Gasteiger partial charge in [-0.2, -0.15) is 18.3 Å². The highest BCUT2D eigenvalue weighted by molar-refractivity contribution is 7.99. The van der Waals surface area contributed by atoms with Crippen LogP contribution in [-0.4, -0.2) is 26.7 Å². The summed E-state index contributed by atoms with van der Waals surface area (Å²) in [7, 11) is 0. The van der Waals surface area contributed by atoms with Gasteiger partial charge in [-0.25, -0.2) is 0 Å². The quantitative estimate of drug-likeness (QED) is 0.657. The average Bonchev–Trinajstić information content (AvgIpc) is 2.86. The van der Waals surface area contributed by atoms with Crippen LogP contribution in [-0.2, 0) is 12.7 Å². The summed E-state index contributed by atoms with van der Waals surface area (Å²) in [5, 5.41) is 13.3. The first-order valence-corrected chi connectivity index (χ1v) is 7.11. The molecule has 2 rings (SSSR count). The molecule has 4 nitrogen and oxygen atoms in total. The van der Waals surface area contributed by atoms with E-state index in [4.69, 9.17) is 5.73 Å². The molecule has 0 aliphatic heterocycles. The smallest absolute Gasteiger partial charge is 0.398 e. The molecule has 0 radical (unpaired) electrons. The molecule has 8 heteroatoms. The largest absolute Gasteiger partial charge is 0.435 e. The van der Waals surface area contributed by atoms with Crippen molar-refractivity contribution < 1.29 is 18.3 Å². The number of para-hydroxylation sites is 1. The number of nitrogens with two attached hydrogens (primary N) is 1. The summed E-state index contributed by atoms with van der Waals surface area (Å²) >= 11 is 1.35. The van der Waals surface area contributed by atoms with E-state index in [2.05, 4.69) is 5.10 Å². The van der Waals surface area contributed by atoms with Crippen molar-refractivity contribution in [3.8, 4) is 0 Å². The van der Waals surface area contributed by atoms with Crippen LogP contribution in [0, 0.1) is 0 Å². The van der Waals surface area contributed by atoms with Crippen LogP contribution in [0.15, 0.2) is 41.4 Å². The third kappa shape index (κ3) is 4.40. The Balaban J connectivity index is 1.89. The van der Waals surface area contributed by atoms with Crippen LogP contribution >= 0.6 is 11.8 Å². The zero-order chi connectivity index (χ0) is 15.5. The second-order valence-corrected chi connectivity index (χ2v) is 5.49. The van der Waals surface area contributed by atoms with Crippen molar-refractivity contribution >= 4 is 17.4 Å². The summed E-state index contributed by atoms with van der Waals surface area (Å²) in [5.41, 5.74) is 5.41. The van der Waals surface area contributed by atoms with Gasteiger partial charge >= 0.3 is 6.18 Å². The molecule has 0 fully saturated rings. The minimum Gasteiger partial charge on any atom is -0.398 e. The number of nitrogens with zero attached hydrogens (tertiary/aromatic N) is 2. The van der Waals surface area contributed by atoms with E-state index >= 15 is 0 Å². The minimum absolute atomic E-state index is 0.00415. The Kier molecular flexibility index (Phi) is 4.79. The number of hydrogen-bond acceptors (Lipinski definition) is 4. The lowest BCUT2D eigenvalue weighted by Gasteiger charge is -2.11. The van der Waals surface area contributed by atoms with E-state index in [1.807, 2.05) is 12.1 Å². The number of halogens is 3. The highest BCUT2D eigenvalue weighted by atomic mass is 32.2. The van der Waals surface area contributed by atoms with Gasteiger partial charge in [-0.05, 0) is 18.2 Å². The van der Waals surface area contributed by atoms with Gasteiger partial charge in [-0.1, -0.05) is 12.1 Å². The molecule has 21 heavy (non-hydrogen) atoms. The maximum absolute atomic E-state index is 12.4. The number of thioether (sulfide) groups is 1. The van der Waals surface area contributed by atoms with E-state index in [-0.39, 0.29) is 6.54 Å². The van der Waals surface area contributed by atoms with Crippen LogP contribution in [0.1, 0.15) is 5.69 Å². The number of anilines is 1. The molecule has 0 bridgehead atoms. The fourth-order valence-electron chi connectivity index (χ4n) is 1.68. The number of aliphatic hydroxyl groups is 1. The molecule has 0 saturated heterocycles. The minimum atomic E-state index is -4.47. The van der Waals surface area contributed by atoms with Gasteiger partial charge in [0.2, 0.25) is 0 Å². The Labute approximate surface area is 123 Å². The van der Waals surface area contributed by atoms with Crippen LogP contribution < -0.4 is 5.73 Å². The molecule has 1 unspecified atom stereocenters. The molecular formula is C13H14F3N3OS. The van der Waals surface area contributed by atoms with Crippen LogP contribution in [0.3, 0.4) is 0 Å². The molecule has 114 valence electrons. The van der Waals surface area contributed by atoms with Gasteiger partial charge in [-0.15, -0.1) is 11.8 Å². The van der Waals surface area contributed by atoms with E-state index in [1.165, 1.54) is 18.0 Å². The first kappa shape index (κ1) is 15.7. The standard InChI is InChI=1S/C13H14F3N3OS/c14-13(15,16)12-5-6-19(18-12)7-9(20)8-21-11-4-2-1-3-10(11)17/h1-6,9,20H,7-8,17H2. The number of rotatable bonds is 5. The van der Waals surface area contributed by atoms with E-state index in [0.717, 1.165) is 15.6 Å². The lowest BCUT2D eigenvalue weighted by molar-refractivity contribution is -0.141. The summed E-state index contributed by atoms with van der Waals surface area (Å²) in [5.74, 6) is 0.315. The first-order valence-electron chi connectivity index (χ1n) is 6.12. The Hall–Kier alpha value is -1.67. The van der Waals surface area contributed by atoms with Gasteiger partial charge in [-0.3, -0.25) is 4.68 Å². The topological polar surface area (TPSA) is 64.1 Å². The maximum Gasteiger partial charge on any atom is 0.435 e. The molecule has 2 aromatic rings. The summed E-state index contributed by atoms with van der Waals surface area (Å²) in [6.45, 7) is -0.00415. The molecule has 1 aromatic heterocycles. The van der Waals surface area contributed by atoms with E-state index in [0.29, 0.717) is 11.4 Å². The predicted molar refractivity (Wildman–Crippen MR) is 74.8 cm³/mol. The molecule has 0 spiro atoms. The number of hydrogen-bond donors (Lipinski definition) is 2. The molecular weight excluding hydrogens is 303 g/mol. The fraction of sp³-hybridized carbons (Fsp3) is 0.308. The number of nitrogen functional groups attached to an aromatic ring is 1. The van der Waals surface area contributed by atoms with Crippen LogP contribution in [0.2, 0.25) is 0 Å². The van der Waals surface area contributed by atoms with Crippen molar-refractivity contribution in [1.82, 2.24) is 9.78 Å². The number of alkyl halides is 3. The molecule has 3 N–H and O–H groups in total. The van der Waals surface area contributed by atoms with Gasteiger partial charge in [0, 0.05) is 22.5 Å². The average molecular weight is 317 g/mol. The zero-order valence-electron chi connectivity index (χ0n) is 10.9. The molecule has 0 aliphatic rings. The molecule has 0 amide bonds. The molecule has 1 atom stereocenters. The molecule has 0 aliphatic carbocycles. The van der Waals surface area contributed by atoms with Crippen molar-refractivity contribution in [3.63, 3.8) is 0 Å². The Morgan fingerprint density at radius 3 is 2.62 bits per heavy atom. The van der Waals surface area contributed by atoms with Gasteiger partial charge in [0.05, 0.1) is 12.6 Å². The summed E-state index contributed by atoms with van der Waals surface area (Å²) in [4.78, 5) is 0.827. The Morgan fingerprint density at radius 2 is 2.00 bits per heavy atom. The lowest BCUT2D eigenvalue weighted by Crippen LogP contribution is -2.19. The third-order valence-corrected chi connectivity index (χ3v) is 3.91. The van der Waals surface area contributed by atoms with Crippen molar-refractivity contribution in [2.75, 3.05) is 11.5 Å². The molecule has 1 aromatic carbocycles.